The summed E-state index contributed by atoms with van der Waals surface area (Å²) in [5.74, 6) is -0.733. The van der Waals surface area contributed by atoms with Crippen LogP contribution in [0.2, 0.25) is 5.02 Å². The molecule has 25 heavy (non-hydrogen) atoms. The first-order valence-corrected chi connectivity index (χ1v) is 7.89. The molecule has 1 aliphatic heterocycles. The molecule has 144 valence electrons. The molecule has 0 aromatic heterocycles. The zero-order valence-corrected chi connectivity index (χ0v) is 14.9. The molecule has 1 atom stereocenters. The van der Waals surface area contributed by atoms with Crippen molar-refractivity contribution in [2.75, 3.05) is 0 Å². The number of fused-ring (bicyclic) bond motifs is 1. The van der Waals surface area contributed by atoms with Crippen molar-refractivity contribution in [3.63, 3.8) is 0 Å². The Balaban J connectivity index is 0.00000192. The molecule has 0 radical (unpaired) electrons. The van der Waals surface area contributed by atoms with Crippen LogP contribution in [-0.4, -0.2) is 39.3 Å². The Morgan fingerprint density at radius 1 is 1.20 bits per heavy atom. The Labute approximate surface area is 150 Å². The Morgan fingerprint density at radius 3 is 2.24 bits per heavy atom. The summed E-state index contributed by atoms with van der Waals surface area (Å²) in [6, 6.07) is 1.66. The van der Waals surface area contributed by atoms with Crippen LogP contribution in [0.4, 0.5) is 0 Å². The number of ether oxygens (including phenoxy) is 2. The maximum atomic E-state index is 11.3. The van der Waals surface area contributed by atoms with Crippen LogP contribution in [0.5, 0.6) is 11.5 Å². The van der Waals surface area contributed by atoms with E-state index in [1.54, 1.807) is 6.92 Å². The molecule has 1 heterocycles. The molecule has 8 nitrogen and oxygen atoms in total. The number of carbonyl (C=O) groups is 1. The van der Waals surface area contributed by atoms with Gasteiger partial charge in [-0.1, -0.05) is 11.6 Å². The first kappa shape index (κ1) is 23.4. The summed E-state index contributed by atoms with van der Waals surface area (Å²) in [6.45, 7) is 3.61. The highest BCUT2D eigenvalue weighted by molar-refractivity contribution is 6.32. The Hall–Kier alpha value is -1.58. The fraction of sp³-hybridized carbons (Fsp3) is 0.562. The minimum atomic E-state index is -1.02. The maximum Gasteiger partial charge on any atom is 0.336 e. The van der Waals surface area contributed by atoms with Crippen molar-refractivity contribution >= 4 is 17.6 Å². The first-order valence-electron chi connectivity index (χ1n) is 7.52. The second-order valence-electron chi connectivity index (χ2n) is 6.33. The van der Waals surface area contributed by atoms with Gasteiger partial charge in [0.2, 0.25) is 0 Å². The number of carboxylic acid groups (broad SMARTS) is 1. The van der Waals surface area contributed by atoms with E-state index >= 15 is 0 Å². The summed E-state index contributed by atoms with van der Waals surface area (Å²) in [6.07, 6.45) is 3.73. The molecular weight excluding hydrogens is 354 g/mol. The summed E-state index contributed by atoms with van der Waals surface area (Å²) in [5.41, 5.74) is 6.64. The van der Waals surface area contributed by atoms with Crippen LogP contribution in [0, 0.1) is 12.8 Å². The maximum absolute atomic E-state index is 11.3. The number of benzene rings is 1. The third-order valence-corrected chi connectivity index (χ3v) is 5.07. The van der Waals surface area contributed by atoms with E-state index < -0.39 is 11.8 Å². The topological polar surface area (TPSA) is 176 Å². The predicted molar refractivity (Wildman–Crippen MR) is 93.6 cm³/mol. The quantitative estimate of drug-likeness (QED) is 0.773. The van der Waals surface area contributed by atoms with Gasteiger partial charge in [-0.15, -0.1) is 0 Å². The van der Waals surface area contributed by atoms with Gasteiger partial charge in [-0.25, -0.2) is 4.79 Å². The third kappa shape index (κ3) is 3.99. The van der Waals surface area contributed by atoms with Crippen LogP contribution in [0.3, 0.4) is 0 Å². The number of hydrogen-bond acceptors (Lipinski definition) is 4. The van der Waals surface area contributed by atoms with Gasteiger partial charge in [0.25, 0.3) is 5.79 Å². The van der Waals surface area contributed by atoms with E-state index in [1.807, 2.05) is 6.92 Å². The number of hydrogen-bond donors (Lipinski definition) is 2. The van der Waals surface area contributed by atoms with Crippen molar-refractivity contribution < 1.29 is 35.8 Å². The first-order chi connectivity index (χ1) is 10.3. The number of aromatic carboxylic acids is 1. The molecule has 1 aromatic carbocycles. The highest BCUT2D eigenvalue weighted by Gasteiger charge is 2.47. The lowest BCUT2D eigenvalue weighted by Crippen LogP contribution is -2.46. The molecule has 0 saturated heterocycles. The lowest BCUT2D eigenvalue weighted by atomic mass is 9.81. The van der Waals surface area contributed by atoms with E-state index in [0.717, 1.165) is 25.7 Å². The fourth-order valence-corrected chi connectivity index (χ4v) is 3.61. The standard InChI is InChI=1S/C16H20ClNO4.3H2O/c1-8-11(15(19)20)7-12(17)14-13(8)21-16(2,22-14)9-3-5-10(18)6-4-9;;;/h7,9-10H,3-6,18H2,1-2H3,(H,19,20);3*1H2/t9?,10?,16-;;;/m1.../s1. The fourth-order valence-electron chi connectivity index (χ4n) is 3.38. The Kier molecular flexibility index (Phi) is 7.68. The molecule has 1 aromatic rings. The van der Waals surface area contributed by atoms with Crippen LogP contribution in [0.15, 0.2) is 6.07 Å². The van der Waals surface area contributed by atoms with Crippen molar-refractivity contribution in [2.45, 2.75) is 51.4 Å². The van der Waals surface area contributed by atoms with Crippen molar-refractivity contribution in [1.29, 1.82) is 0 Å². The second-order valence-corrected chi connectivity index (χ2v) is 6.73. The second kappa shape index (κ2) is 8.20. The van der Waals surface area contributed by atoms with E-state index in [0.29, 0.717) is 17.1 Å². The lowest BCUT2D eigenvalue weighted by Gasteiger charge is -2.36. The van der Waals surface area contributed by atoms with Crippen LogP contribution < -0.4 is 15.2 Å². The largest absolute Gasteiger partial charge is 0.478 e. The monoisotopic (exact) mass is 379 g/mol. The molecule has 9 N–H and O–H groups in total. The molecular formula is C16H26ClNO7. The summed E-state index contributed by atoms with van der Waals surface area (Å²) in [5, 5.41) is 9.53. The van der Waals surface area contributed by atoms with Crippen LogP contribution in [-0.2, 0) is 0 Å². The number of carboxylic acids is 1. The van der Waals surface area contributed by atoms with Gasteiger partial charge < -0.3 is 36.7 Å². The molecule has 1 fully saturated rings. The Bertz CT molecular complexity index is 631. The van der Waals surface area contributed by atoms with Gasteiger partial charge in [0.05, 0.1) is 10.6 Å². The van der Waals surface area contributed by atoms with E-state index in [9.17, 15) is 9.90 Å². The molecule has 9 heteroatoms. The highest BCUT2D eigenvalue weighted by Crippen LogP contribution is 2.51. The summed E-state index contributed by atoms with van der Waals surface area (Å²) < 4.78 is 12.1. The number of halogens is 1. The van der Waals surface area contributed by atoms with Crippen LogP contribution in [0.25, 0.3) is 0 Å². The van der Waals surface area contributed by atoms with Gasteiger partial charge in [-0.3, -0.25) is 0 Å². The van der Waals surface area contributed by atoms with Crippen LogP contribution in [0.1, 0.15) is 48.5 Å². The average Bonchev–Trinajstić information content (AvgIpc) is 2.83. The van der Waals surface area contributed by atoms with Crippen LogP contribution >= 0.6 is 11.6 Å². The summed E-state index contributed by atoms with van der Waals surface area (Å²) in [4.78, 5) is 11.3. The normalized spacial score (nSPS) is 26.7. The van der Waals surface area contributed by atoms with Crippen molar-refractivity contribution in [3.05, 3.63) is 22.2 Å². The number of nitrogens with two attached hydrogens (primary N) is 1. The highest BCUT2D eigenvalue weighted by atomic mass is 35.5. The summed E-state index contributed by atoms with van der Waals surface area (Å²) in [7, 11) is 0. The van der Waals surface area contributed by atoms with E-state index in [4.69, 9.17) is 26.8 Å². The van der Waals surface area contributed by atoms with E-state index in [2.05, 4.69) is 0 Å². The van der Waals surface area contributed by atoms with Crippen molar-refractivity contribution in [1.82, 2.24) is 0 Å². The van der Waals surface area contributed by atoms with E-state index in [1.165, 1.54) is 6.07 Å². The SMILES string of the molecule is Cc1c(C(=O)O)cc(Cl)c2c1O[C@@](C)(C1CCC(N)CC1)O2.O.O.O. The zero-order valence-electron chi connectivity index (χ0n) is 14.2. The Morgan fingerprint density at radius 2 is 1.72 bits per heavy atom. The molecule has 3 rings (SSSR count). The summed E-state index contributed by atoms with van der Waals surface area (Å²) >= 11 is 6.19. The van der Waals surface area contributed by atoms with E-state index in [-0.39, 0.29) is 39.0 Å². The molecule has 0 amide bonds. The average molecular weight is 380 g/mol. The van der Waals surface area contributed by atoms with Crippen molar-refractivity contribution in [3.8, 4) is 11.5 Å². The van der Waals surface area contributed by atoms with Gasteiger partial charge in [0, 0.05) is 24.4 Å². The van der Waals surface area contributed by atoms with Gasteiger partial charge >= 0.3 is 5.97 Å². The molecule has 1 aliphatic carbocycles. The third-order valence-electron chi connectivity index (χ3n) is 4.79. The minimum absolute atomic E-state index is 0. The molecule has 0 bridgehead atoms. The van der Waals surface area contributed by atoms with Gasteiger partial charge in [0.1, 0.15) is 0 Å². The lowest BCUT2D eigenvalue weighted by molar-refractivity contribution is -0.120. The van der Waals surface area contributed by atoms with Crippen molar-refractivity contribution in [2.24, 2.45) is 11.7 Å². The molecule has 0 spiro atoms. The van der Waals surface area contributed by atoms with Gasteiger partial charge in [-0.2, -0.15) is 0 Å². The van der Waals surface area contributed by atoms with Gasteiger partial charge in [-0.05, 0) is 38.7 Å². The van der Waals surface area contributed by atoms with Gasteiger partial charge in [0.15, 0.2) is 11.5 Å². The minimum Gasteiger partial charge on any atom is -0.478 e. The molecule has 2 aliphatic rings. The smallest absolute Gasteiger partial charge is 0.336 e. The number of rotatable bonds is 2. The zero-order chi connectivity index (χ0) is 16.1. The predicted octanol–water partition coefficient (Wildman–Crippen LogP) is 0.877. The molecule has 1 saturated carbocycles. The molecule has 0 unspecified atom stereocenters.